The average molecular weight is 292 g/mol. The lowest BCUT2D eigenvalue weighted by Gasteiger charge is -2.20. The third-order valence-corrected chi connectivity index (χ3v) is 3.01. The van der Waals surface area contributed by atoms with Crippen LogP contribution in [0.2, 0.25) is 0 Å². The molecule has 16 heavy (non-hydrogen) atoms. The van der Waals surface area contributed by atoms with Crippen molar-refractivity contribution in [1.29, 1.82) is 0 Å². The summed E-state index contributed by atoms with van der Waals surface area (Å²) in [5.41, 5.74) is 0.771. The molecule has 0 saturated carbocycles. The van der Waals surface area contributed by atoms with Gasteiger partial charge in [0.1, 0.15) is 5.82 Å². The van der Waals surface area contributed by atoms with E-state index in [-0.39, 0.29) is 31.1 Å². The summed E-state index contributed by atoms with van der Waals surface area (Å²) >= 11 is 3.08. The molecule has 0 bridgehead atoms. The largest absolute Gasteiger partial charge is 0.395 e. The van der Waals surface area contributed by atoms with Crippen molar-refractivity contribution in [2.45, 2.75) is 19.0 Å². The number of rotatable bonds is 5. The number of aliphatic hydroxyl groups is 2. The maximum Gasteiger partial charge on any atom is 0.137 e. The highest BCUT2D eigenvalue weighted by Gasteiger charge is 2.12. The Balaban J connectivity index is 2.72. The average Bonchev–Trinajstić information content (AvgIpc) is 2.29. The van der Waals surface area contributed by atoms with E-state index in [2.05, 4.69) is 21.2 Å². The predicted octanol–water partition coefficient (Wildman–Crippen LogP) is 1.59. The van der Waals surface area contributed by atoms with Gasteiger partial charge in [-0.1, -0.05) is 6.07 Å². The number of nitrogens with one attached hydrogen (secondary N) is 1. The maximum absolute atomic E-state index is 13.3. The molecule has 5 heteroatoms. The highest BCUT2D eigenvalue weighted by Crippen LogP contribution is 2.20. The highest BCUT2D eigenvalue weighted by molar-refractivity contribution is 9.10. The molecule has 0 saturated heterocycles. The molecule has 3 N–H and O–H groups in total. The van der Waals surface area contributed by atoms with Gasteiger partial charge >= 0.3 is 0 Å². The van der Waals surface area contributed by atoms with Crippen molar-refractivity contribution in [2.75, 3.05) is 13.2 Å². The van der Waals surface area contributed by atoms with E-state index < -0.39 is 0 Å². The van der Waals surface area contributed by atoms with Crippen molar-refractivity contribution in [3.63, 3.8) is 0 Å². The van der Waals surface area contributed by atoms with Crippen LogP contribution in [0.25, 0.3) is 0 Å². The van der Waals surface area contributed by atoms with Gasteiger partial charge in [0.2, 0.25) is 0 Å². The molecule has 1 unspecified atom stereocenters. The van der Waals surface area contributed by atoms with Gasteiger partial charge in [-0.15, -0.1) is 0 Å². The molecule has 0 aliphatic carbocycles. The van der Waals surface area contributed by atoms with Crippen molar-refractivity contribution in [3.05, 3.63) is 34.1 Å². The van der Waals surface area contributed by atoms with Crippen molar-refractivity contribution >= 4 is 15.9 Å². The Kier molecular flexibility index (Phi) is 5.34. The van der Waals surface area contributed by atoms with Crippen LogP contribution in [0.15, 0.2) is 22.7 Å². The first kappa shape index (κ1) is 13.6. The molecule has 1 aromatic rings. The van der Waals surface area contributed by atoms with Crippen LogP contribution in [0.4, 0.5) is 4.39 Å². The molecule has 0 radical (unpaired) electrons. The van der Waals surface area contributed by atoms with E-state index in [4.69, 9.17) is 10.2 Å². The molecule has 1 rings (SSSR count). The van der Waals surface area contributed by atoms with E-state index >= 15 is 0 Å². The fraction of sp³-hybridized carbons (Fsp3) is 0.455. The molecule has 0 spiro atoms. The van der Waals surface area contributed by atoms with Gasteiger partial charge in [-0.25, -0.2) is 4.39 Å². The standard InChI is InChI=1S/C11H15BrFNO2/c1-7(14-9(5-15)6-16)8-2-3-10(12)11(13)4-8/h2-4,7,9,14-16H,5-6H2,1H3. The maximum atomic E-state index is 13.3. The molecule has 0 aliphatic heterocycles. The lowest BCUT2D eigenvalue weighted by Crippen LogP contribution is -2.37. The smallest absolute Gasteiger partial charge is 0.137 e. The zero-order valence-electron chi connectivity index (χ0n) is 8.95. The molecule has 0 fully saturated rings. The van der Waals surface area contributed by atoms with E-state index in [9.17, 15) is 4.39 Å². The second-order valence-electron chi connectivity index (χ2n) is 3.62. The van der Waals surface area contributed by atoms with Crippen molar-refractivity contribution in [2.24, 2.45) is 0 Å². The minimum Gasteiger partial charge on any atom is -0.395 e. The minimum absolute atomic E-state index is 0.133. The summed E-state index contributed by atoms with van der Waals surface area (Å²) in [4.78, 5) is 0. The SMILES string of the molecule is CC(NC(CO)CO)c1ccc(Br)c(F)c1. The van der Waals surface area contributed by atoms with Crippen molar-refractivity contribution in [1.82, 2.24) is 5.32 Å². The van der Waals surface area contributed by atoms with Crippen LogP contribution in [-0.4, -0.2) is 29.5 Å². The van der Waals surface area contributed by atoms with Gasteiger partial charge in [0, 0.05) is 6.04 Å². The summed E-state index contributed by atoms with van der Waals surface area (Å²) in [5, 5.41) is 20.8. The molecule has 1 aromatic carbocycles. The van der Waals surface area contributed by atoms with Crippen LogP contribution < -0.4 is 5.32 Å². The highest BCUT2D eigenvalue weighted by atomic mass is 79.9. The van der Waals surface area contributed by atoms with Gasteiger partial charge in [-0.3, -0.25) is 0 Å². The van der Waals surface area contributed by atoms with E-state index in [0.29, 0.717) is 4.47 Å². The third-order valence-electron chi connectivity index (χ3n) is 2.37. The first-order chi connectivity index (χ1) is 7.58. The van der Waals surface area contributed by atoms with Crippen LogP contribution >= 0.6 is 15.9 Å². The number of hydrogen-bond donors (Lipinski definition) is 3. The summed E-state index contributed by atoms with van der Waals surface area (Å²) in [7, 11) is 0. The normalized spacial score (nSPS) is 13.1. The Morgan fingerprint density at radius 2 is 2.00 bits per heavy atom. The van der Waals surface area contributed by atoms with Crippen LogP contribution in [-0.2, 0) is 0 Å². The first-order valence-corrected chi connectivity index (χ1v) is 5.80. The molecular weight excluding hydrogens is 277 g/mol. The van der Waals surface area contributed by atoms with Gasteiger partial charge in [0.15, 0.2) is 0 Å². The molecule has 1 atom stereocenters. The van der Waals surface area contributed by atoms with Crippen LogP contribution in [0.1, 0.15) is 18.5 Å². The number of benzene rings is 1. The number of hydrogen-bond acceptors (Lipinski definition) is 3. The van der Waals surface area contributed by atoms with E-state index in [0.717, 1.165) is 5.56 Å². The van der Waals surface area contributed by atoms with Gasteiger partial charge in [0.05, 0.1) is 23.7 Å². The third kappa shape index (κ3) is 3.52. The van der Waals surface area contributed by atoms with Crippen LogP contribution in [0.3, 0.4) is 0 Å². The van der Waals surface area contributed by atoms with E-state index in [1.807, 2.05) is 6.92 Å². The van der Waals surface area contributed by atoms with E-state index in [1.165, 1.54) is 6.07 Å². The van der Waals surface area contributed by atoms with Gasteiger partial charge in [-0.05, 0) is 40.5 Å². The monoisotopic (exact) mass is 291 g/mol. The fourth-order valence-corrected chi connectivity index (χ4v) is 1.64. The second-order valence-corrected chi connectivity index (χ2v) is 4.48. The zero-order valence-corrected chi connectivity index (χ0v) is 10.5. The summed E-state index contributed by atoms with van der Waals surface area (Å²) in [6, 6.07) is 4.33. The van der Waals surface area contributed by atoms with E-state index in [1.54, 1.807) is 12.1 Å². The summed E-state index contributed by atoms with van der Waals surface area (Å²) in [6.07, 6.45) is 0. The topological polar surface area (TPSA) is 52.5 Å². The summed E-state index contributed by atoms with van der Waals surface area (Å²) in [6.45, 7) is 1.54. The summed E-state index contributed by atoms with van der Waals surface area (Å²) < 4.78 is 13.7. The van der Waals surface area contributed by atoms with Crippen LogP contribution in [0, 0.1) is 5.82 Å². The second kappa shape index (κ2) is 6.30. The first-order valence-electron chi connectivity index (χ1n) is 5.01. The molecule has 0 aliphatic rings. The Morgan fingerprint density at radius 1 is 1.38 bits per heavy atom. The molecule has 90 valence electrons. The molecule has 3 nitrogen and oxygen atoms in total. The van der Waals surface area contributed by atoms with Crippen molar-refractivity contribution < 1.29 is 14.6 Å². The molecule has 0 amide bonds. The Hall–Kier alpha value is -0.490. The number of halogens is 2. The zero-order chi connectivity index (χ0) is 12.1. The van der Waals surface area contributed by atoms with Gasteiger partial charge < -0.3 is 15.5 Å². The molecule has 0 heterocycles. The summed E-state index contributed by atoms with van der Waals surface area (Å²) in [5.74, 6) is -0.323. The van der Waals surface area contributed by atoms with Crippen molar-refractivity contribution in [3.8, 4) is 0 Å². The lowest BCUT2D eigenvalue weighted by molar-refractivity contribution is 0.163. The van der Waals surface area contributed by atoms with Crippen LogP contribution in [0.5, 0.6) is 0 Å². The Labute approximate surface area is 102 Å². The quantitative estimate of drug-likeness (QED) is 0.772. The number of aliphatic hydroxyl groups excluding tert-OH is 2. The van der Waals surface area contributed by atoms with Gasteiger partial charge in [-0.2, -0.15) is 0 Å². The predicted molar refractivity (Wildman–Crippen MR) is 63.6 cm³/mol. The lowest BCUT2D eigenvalue weighted by atomic mass is 10.1. The molecule has 0 aromatic heterocycles. The fourth-order valence-electron chi connectivity index (χ4n) is 1.39. The Morgan fingerprint density at radius 3 is 2.50 bits per heavy atom. The Bertz CT molecular complexity index is 345. The molecular formula is C11H15BrFNO2. The minimum atomic E-state index is -0.387. The van der Waals surface area contributed by atoms with Gasteiger partial charge in [0.25, 0.3) is 0 Å².